The first-order valence-corrected chi connectivity index (χ1v) is 10.1. The van der Waals surface area contributed by atoms with Gasteiger partial charge in [0.2, 0.25) is 11.3 Å². The molecule has 0 atom stereocenters. The van der Waals surface area contributed by atoms with Gasteiger partial charge in [-0.2, -0.15) is 0 Å². The molecule has 30 heavy (non-hydrogen) atoms. The largest absolute Gasteiger partial charge is 0.495 e. The van der Waals surface area contributed by atoms with E-state index in [0.29, 0.717) is 22.3 Å². The average Bonchev–Trinajstić information content (AvgIpc) is 2.72. The van der Waals surface area contributed by atoms with Crippen LogP contribution in [-0.2, 0) is 9.53 Å². The number of H-pyrrole nitrogens is 1. The van der Waals surface area contributed by atoms with Gasteiger partial charge in [-0.3, -0.25) is 9.59 Å². The maximum absolute atomic E-state index is 12.9. The maximum atomic E-state index is 12.9. The Bertz CT molecular complexity index is 1190. The highest BCUT2D eigenvalue weighted by Gasteiger charge is 2.21. The summed E-state index contributed by atoms with van der Waals surface area (Å²) >= 11 is 1.06. The Morgan fingerprint density at radius 2 is 1.77 bits per heavy atom. The molecule has 156 valence electrons. The summed E-state index contributed by atoms with van der Waals surface area (Å²) in [6, 6.07) is 10.8. The zero-order valence-electron chi connectivity index (χ0n) is 17.1. The lowest BCUT2D eigenvalue weighted by atomic mass is 10.1. The molecule has 0 aliphatic carbocycles. The number of carbonyl (C=O) groups is 2. The quantitative estimate of drug-likeness (QED) is 0.461. The summed E-state index contributed by atoms with van der Waals surface area (Å²) < 4.78 is 10.1. The van der Waals surface area contributed by atoms with Crippen LogP contribution >= 0.6 is 11.8 Å². The highest BCUT2D eigenvalue weighted by Crippen LogP contribution is 2.27. The van der Waals surface area contributed by atoms with Crippen molar-refractivity contribution in [1.82, 2.24) is 4.98 Å². The van der Waals surface area contributed by atoms with Crippen molar-refractivity contribution >= 4 is 40.2 Å². The van der Waals surface area contributed by atoms with Crippen LogP contribution in [0.1, 0.15) is 21.5 Å². The first-order valence-electron chi connectivity index (χ1n) is 9.16. The monoisotopic (exact) mass is 426 g/mol. The fourth-order valence-corrected chi connectivity index (χ4v) is 3.87. The molecule has 1 heterocycles. The lowest BCUT2D eigenvalue weighted by Crippen LogP contribution is -2.21. The van der Waals surface area contributed by atoms with Crippen molar-refractivity contribution in [3.63, 3.8) is 0 Å². The van der Waals surface area contributed by atoms with Crippen molar-refractivity contribution < 1.29 is 19.1 Å². The minimum absolute atomic E-state index is 0.0194. The number of anilines is 1. The summed E-state index contributed by atoms with van der Waals surface area (Å²) in [6.07, 6.45) is 0. The molecule has 0 unspecified atom stereocenters. The van der Waals surface area contributed by atoms with E-state index >= 15 is 0 Å². The van der Waals surface area contributed by atoms with E-state index in [0.717, 1.165) is 22.9 Å². The zero-order valence-corrected chi connectivity index (χ0v) is 17.9. The first-order chi connectivity index (χ1) is 14.3. The van der Waals surface area contributed by atoms with E-state index < -0.39 is 11.4 Å². The second kappa shape index (κ2) is 9.04. The highest BCUT2D eigenvalue weighted by molar-refractivity contribution is 8.00. The van der Waals surface area contributed by atoms with Crippen molar-refractivity contribution in [1.29, 1.82) is 0 Å². The van der Waals surface area contributed by atoms with E-state index in [1.165, 1.54) is 14.2 Å². The van der Waals surface area contributed by atoms with E-state index in [-0.39, 0.29) is 22.2 Å². The number of nitrogens with one attached hydrogen (secondary N) is 2. The Labute approximate surface area is 177 Å². The predicted octanol–water partition coefficient (Wildman–Crippen LogP) is 3.67. The number of aryl methyl sites for hydroxylation is 2. The van der Waals surface area contributed by atoms with Gasteiger partial charge < -0.3 is 19.8 Å². The number of rotatable bonds is 6. The summed E-state index contributed by atoms with van der Waals surface area (Å²) in [7, 11) is 2.74. The molecule has 2 aromatic carbocycles. The number of aromatic nitrogens is 1. The normalized spacial score (nSPS) is 10.7. The third kappa shape index (κ3) is 4.49. The van der Waals surface area contributed by atoms with Crippen molar-refractivity contribution in [2.24, 2.45) is 0 Å². The smallest absolute Gasteiger partial charge is 0.344 e. The summed E-state index contributed by atoms with van der Waals surface area (Å²) in [5, 5.41) is 3.49. The van der Waals surface area contributed by atoms with Gasteiger partial charge in [0.25, 0.3) is 0 Å². The zero-order chi connectivity index (χ0) is 21.8. The minimum Gasteiger partial charge on any atom is -0.495 e. The molecular weight excluding hydrogens is 404 g/mol. The fraction of sp³-hybridized carbons (Fsp3) is 0.227. The fourth-order valence-electron chi connectivity index (χ4n) is 3.02. The lowest BCUT2D eigenvalue weighted by Gasteiger charge is -2.12. The molecule has 3 aromatic rings. The Kier molecular flexibility index (Phi) is 6.47. The summed E-state index contributed by atoms with van der Waals surface area (Å²) in [5.41, 5.74) is 2.47. The number of hydrogen-bond donors (Lipinski definition) is 2. The molecule has 1 aromatic heterocycles. The number of benzene rings is 2. The van der Waals surface area contributed by atoms with Gasteiger partial charge in [0.15, 0.2) is 0 Å². The van der Waals surface area contributed by atoms with Crippen molar-refractivity contribution in [2.75, 3.05) is 25.3 Å². The van der Waals surface area contributed by atoms with E-state index in [9.17, 15) is 14.4 Å². The third-order valence-electron chi connectivity index (χ3n) is 4.49. The number of carbonyl (C=O) groups excluding carboxylic acids is 2. The Balaban J connectivity index is 1.89. The van der Waals surface area contributed by atoms with E-state index in [1.807, 2.05) is 32.0 Å². The second-order valence-corrected chi connectivity index (χ2v) is 7.73. The SMILES string of the molecule is COC(=O)c1c(SCC(=O)Nc2cc(C)ccc2OC)[nH]c2ccc(C)cc2c1=O. The molecule has 0 bridgehead atoms. The summed E-state index contributed by atoms with van der Waals surface area (Å²) in [4.78, 5) is 40.8. The molecule has 0 spiro atoms. The highest BCUT2D eigenvalue weighted by atomic mass is 32.2. The van der Waals surface area contributed by atoms with Crippen LogP contribution in [0.25, 0.3) is 10.9 Å². The lowest BCUT2D eigenvalue weighted by molar-refractivity contribution is -0.113. The van der Waals surface area contributed by atoms with E-state index in [2.05, 4.69) is 10.3 Å². The van der Waals surface area contributed by atoms with Gasteiger partial charge in [-0.15, -0.1) is 0 Å². The molecule has 0 fully saturated rings. The van der Waals surface area contributed by atoms with Crippen LogP contribution in [0.5, 0.6) is 5.75 Å². The number of thioether (sulfide) groups is 1. The number of fused-ring (bicyclic) bond motifs is 1. The van der Waals surface area contributed by atoms with Gasteiger partial charge in [0.05, 0.1) is 36.2 Å². The predicted molar refractivity (Wildman–Crippen MR) is 118 cm³/mol. The molecule has 0 radical (unpaired) electrons. The Morgan fingerprint density at radius 3 is 2.47 bits per heavy atom. The molecule has 8 heteroatoms. The van der Waals surface area contributed by atoms with E-state index in [4.69, 9.17) is 9.47 Å². The topological polar surface area (TPSA) is 97.5 Å². The van der Waals surface area contributed by atoms with Gasteiger partial charge in [0, 0.05) is 5.39 Å². The molecule has 3 rings (SSSR count). The van der Waals surface area contributed by atoms with Gasteiger partial charge >= 0.3 is 5.97 Å². The number of hydrogen-bond acceptors (Lipinski definition) is 6. The number of esters is 1. The van der Waals surface area contributed by atoms with E-state index in [1.54, 1.807) is 18.2 Å². The molecule has 0 saturated carbocycles. The molecule has 0 saturated heterocycles. The number of methoxy groups -OCH3 is 2. The molecule has 1 amide bonds. The summed E-state index contributed by atoms with van der Waals surface area (Å²) in [5.74, 6) is -0.523. The molecular formula is C22H22N2O5S. The minimum atomic E-state index is -0.747. The van der Waals surface area contributed by atoms with Crippen LogP contribution in [0, 0.1) is 13.8 Å². The van der Waals surface area contributed by atoms with Gasteiger partial charge in [0.1, 0.15) is 11.3 Å². The van der Waals surface area contributed by atoms with Crippen molar-refractivity contribution in [3.05, 3.63) is 63.3 Å². The number of pyridine rings is 1. The molecule has 7 nitrogen and oxygen atoms in total. The maximum Gasteiger partial charge on any atom is 0.344 e. The molecule has 0 aliphatic rings. The van der Waals surface area contributed by atoms with Crippen molar-refractivity contribution in [2.45, 2.75) is 18.9 Å². The van der Waals surface area contributed by atoms with Crippen LogP contribution in [0.2, 0.25) is 0 Å². The number of aromatic amines is 1. The Morgan fingerprint density at radius 1 is 1.07 bits per heavy atom. The van der Waals surface area contributed by atoms with Crippen LogP contribution < -0.4 is 15.5 Å². The number of amides is 1. The number of ether oxygens (including phenoxy) is 2. The second-order valence-electron chi connectivity index (χ2n) is 6.74. The van der Waals surface area contributed by atoms with Crippen LogP contribution in [0.15, 0.2) is 46.2 Å². The Hall–Kier alpha value is -3.26. The average molecular weight is 426 g/mol. The van der Waals surface area contributed by atoms with Crippen LogP contribution in [0.4, 0.5) is 5.69 Å². The van der Waals surface area contributed by atoms with Crippen LogP contribution in [0.3, 0.4) is 0 Å². The van der Waals surface area contributed by atoms with Crippen molar-refractivity contribution in [3.8, 4) is 5.75 Å². The third-order valence-corrected chi connectivity index (χ3v) is 5.49. The van der Waals surface area contributed by atoms with Crippen LogP contribution in [-0.4, -0.2) is 36.8 Å². The van der Waals surface area contributed by atoms with Gasteiger partial charge in [-0.05, 0) is 43.7 Å². The summed E-state index contributed by atoms with van der Waals surface area (Å²) in [6.45, 7) is 3.78. The molecule has 0 aliphatic heterocycles. The molecule has 2 N–H and O–H groups in total. The van der Waals surface area contributed by atoms with Gasteiger partial charge in [-0.1, -0.05) is 29.5 Å². The van der Waals surface area contributed by atoms with Gasteiger partial charge in [-0.25, -0.2) is 4.79 Å². The standard InChI is InChI=1S/C22H22N2O5S/c1-12-5-7-15-14(9-12)20(26)19(22(27)29-4)21(24-15)30-11-18(25)23-16-10-13(2)6-8-17(16)28-3/h5-10H,11H2,1-4H3,(H,23,25)(H,24,26). The first kappa shape index (κ1) is 21.4.